The zero-order valence-corrected chi connectivity index (χ0v) is 14.8. The summed E-state index contributed by atoms with van der Waals surface area (Å²) in [7, 11) is -1.89. The number of likely N-dealkylation sites (N-methyl/N-ethyl adjacent to an activating group) is 1. The van der Waals surface area contributed by atoms with E-state index in [1.54, 1.807) is 30.1 Å². The molecule has 128 valence electrons. The molecule has 0 bridgehead atoms. The summed E-state index contributed by atoms with van der Waals surface area (Å²) in [5.74, 6) is -0.0224. The molecule has 0 fully saturated rings. The number of hydrogen-bond donors (Lipinski definition) is 2. The molecule has 1 aromatic heterocycles. The summed E-state index contributed by atoms with van der Waals surface area (Å²) in [6.07, 6.45) is 0.874. The summed E-state index contributed by atoms with van der Waals surface area (Å²) in [6, 6.07) is 6.85. The predicted molar refractivity (Wildman–Crippen MR) is 92.7 cm³/mol. The molecule has 6 nitrogen and oxygen atoms in total. The van der Waals surface area contributed by atoms with Gasteiger partial charge >= 0.3 is 0 Å². The maximum absolute atomic E-state index is 12.5. The first-order valence-electron chi connectivity index (χ1n) is 7.82. The average molecular weight is 347 g/mol. The highest BCUT2D eigenvalue weighted by Gasteiger charge is 2.26. The first kappa shape index (κ1) is 16.7. The number of sulfonamides is 1. The van der Waals surface area contributed by atoms with Gasteiger partial charge in [-0.05, 0) is 55.7 Å². The number of aryl methyl sites for hydroxylation is 2. The largest absolute Gasteiger partial charge is 0.362 e. The summed E-state index contributed by atoms with van der Waals surface area (Å²) < 4.78 is 27.5. The maximum atomic E-state index is 12.5. The van der Waals surface area contributed by atoms with Crippen molar-refractivity contribution in [3.63, 3.8) is 0 Å². The zero-order valence-electron chi connectivity index (χ0n) is 14.0. The lowest BCUT2D eigenvalue weighted by atomic mass is 10.2. The highest BCUT2D eigenvalue weighted by atomic mass is 32.2. The maximum Gasteiger partial charge on any atom is 0.240 e. The van der Waals surface area contributed by atoms with Gasteiger partial charge in [0.1, 0.15) is 0 Å². The number of hydrogen-bond acceptors (Lipinski definition) is 3. The summed E-state index contributed by atoms with van der Waals surface area (Å²) in [6.45, 7) is 4.28. The summed E-state index contributed by atoms with van der Waals surface area (Å²) in [5, 5.41) is 0. The van der Waals surface area contributed by atoms with Crippen LogP contribution in [0.5, 0.6) is 0 Å². The van der Waals surface area contributed by atoms with Gasteiger partial charge in [-0.1, -0.05) is 0 Å². The van der Waals surface area contributed by atoms with E-state index in [0.29, 0.717) is 13.0 Å². The summed E-state index contributed by atoms with van der Waals surface area (Å²) >= 11 is 0. The van der Waals surface area contributed by atoms with Crippen LogP contribution >= 0.6 is 0 Å². The Labute approximate surface area is 141 Å². The van der Waals surface area contributed by atoms with Crippen LogP contribution < -0.4 is 9.62 Å². The van der Waals surface area contributed by atoms with Crippen LogP contribution in [0.2, 0.25) is 0 Å². The van der Waals surface area contributed by atoms with Crippen molar-refractivity contribution >= 4 is 21.6 Å². The van der Waals surface area contributed by atoms with Gasteiger partial charge in [-0.25, -0.2) is 13.1 Å². The Bertz CT molecular complexity index is 900. The molecule has 1 aliphatic rings. The fourth-order valence-corrected chi connectivity index (χ4v) is 4.14. The minimum atomic E-state index is -3.58. The van der Waals surface area contributed by atoms with Crippen molar-refractivity contribution in [1.29, 1.82) is 0 Å². The number of rotatable bonds is 5. The van der Waals surface area contributed by atoms with Crippen LogP contribution in [0, 0.1) is 13.8 Å². The molecule has 0 aliphatic carbocycles. The number of H-pyrrole nitrogens is 1. The second-order valence-corrected chi connectivity index (χ2v) is 7.94. The molecule has 24 heavy (non-hydrogen) atoms. The van der Waals surface area contributed by atoms with Crippen LogP contribution in [0.4, 0.5) is 5.69 Å². The molecular weight excluding hydrogens is 326 g/mol. The van der Waals surface area contributed by atoms with Crippen LogP contribution in [0.25, 0.3) is 0 Å². The van der Waals surface area contributed by atoms with E-state index in [1.807, 2.05) is 19.9 Å². The topological polar surface area (TPSA) is 82.3 Å². The van der Waals surface area contributed by atoms with E-state index in [4.69, 9.17) is 0 Å². The van der Waals surface area contributed by atoms with Crippen molar-refractivity contribution in [2.24, 2.45) is 0 Å². The smallest absolute Gasteiger partial charge is 0.240 e. The lowest BCUT2D eigenvalue weighted by Gasteiger charge is -2.11. The summed E-state index contributed by atoms with van der Waals surface area (Å²) in [4.78, 5) is 16.7. The quantitative estimate of drug-likeness (QED) is 0.863. The van der Waals surface area contributed by atoms with E-state index in [1.165, 1.54) is 0 Å². The predicted octanol–water partition coefficient (Wildman–Crippen LogP) is 1.67. The number of carbonyl (C=O) groups is 1. The Morgan fingerprint density at radius 3 is 2.67 bits per heavy atom. The standard InChI is InChI=1S/C17H21N3O3S/c1-11-8-13(12(2)19-11)6-7-18-24(22,23)15-4-5-16-14(9-15)10-17(21)20(16)3/h4-5,8-9,18-19H,6-7,10H2,1-3H3. The Morgan fingerprint density at radius 2 is 2.00 bits per heavy atom. The van der Waals surface area contributed by atoms with Crippen molar-refractivity contribution in [2.45, 2.75) is 31.6 Å². The minimum Gasteiger partial charge on any atom is -0.362 e. The van der Waals surface area contributed by atoms with Crippen molar-refractivity contribution in [3.05, 3.63) is 46.8 Å². The lowest BCUT2D eigenvalue weighted by Crippen LogP contribution is -2.26. The molecule has 0 spiro atoms. The van der Waals surface area contributed by atoms with Crippen LogP contribution in [-0.4, -0.2) is 32.9 Å². The van der Waals surface area contributed by atoms with Crippen molar-refractivity contribution in [2.75, 3.05) is 18.5 Å². The number of aromatic nitrogens is 1. The molecule has 7 heteroatoms. The molecule has 0 saturated heterocycles. The number of fused-ring (bicyclic) bond motifs is 1. The molecule has 1 aliphatic heterocycles. The molecule has 0 saturated carbocycles. The fourth-order valence-electron chi connectivity index (χ4n) is 3.06. The Balaban J connectivity index is 1.71. The monoisotopic (exact) mass is 347 g/mol. The van der Waals surface area contributed by atoms with Gasteiger partial charge < -0.3 is 9.88 Å². The lowest BCUT2D eigenvalue weighted by molar-refractivity contribution is -0.117. The number of aromatic amines is 1. The first-order valence-corrected chi connectivity index (χ1v) is 9.30. The van der Waals surface area contributed by atoms with Gasteiger partial charge in [0.05, 0.1) is 11.3 Å². The van der Waals surface area contributed by atoms with Gasteiger partial charge in [0.15, 0.2) is 0 Å². The normalized spacial score (nSPS) is 14.3. The van der Waals surface area contributed by atoms with Gasteiger partial charge in [0.2, 0.25) is 15.9 Å². The summed E-state index contributed by atoms with van der Waals surface area (Å²) in [5.41, 5.74) is 4.76. The van der Waals surface area contributed by atoms with Gasteiger partial charge in [-0.2, -0.15) is 0 Å². The third-order valence-corrected chi connectivity index (χ3v) is 5.84. The van der Waals surface area contributed by atoms with Gasteiger partial charge in [0, 0.05) is 30.7 Å². The molecular formula is C17H21N3O3S. The molecule has 0 unspecified atom stereocenters. The van der Waals surface area contributed by atoms with Crippen molar-refractivity contribution in [3.8, 4) is 0 Å². The first-order chi connectivity index (χ1) is 11.3. The number of benzene rings is 1. The Hall–Kier alpha value is -2.12. The van der Waals surface area contributed by atoms with Gasteiger partial charge in [-0.15, -0.1) is 0 Å². The molecule has 2 aromatic rings. The van der Waals surface area contributed by atoms with Gasteiger partial charge in [0.25, 0.3) is 0 Å². The second-order valence-electron chi connectivity index (χ2n) is 6.17. The van der Waals surface area contributed by atoms with E-state index in [-0.39, 0.29) is 17.2 Å². The van der Waals surface area contributed by atoms with Crippen LogP contribution in [0.15, 0.2) is 29.2 Å². The van der Waals surface area contributed by atoms with E-state index in [9.17, 15) is 13.2 Å². The van der Waals surface area contributed by atoms with Crippen LogP contribution in [-0.2, 0) is 27.7 Å². The van der Waals surface area contributed by atoms with E-state index >= 15 is 0 Å². The number of amides is 1. The van der Waals surface area contributed by atoms with Crippen LogP contribution in [0.1, 0.15) is 22.5 Å². The second kappa shape index (κ2) is 6.07. The highest BCUT2D eigenvalue weighted by molar-refractivity contribution is 7.89. The van der Waals surface area contributed by atoms with E-state index in [2.05, 4.69) is 9.71 Å². The number of carbonyl (C=O) groups excluding carboxylic acids is 1. The molecule has 1 amide bonds. The van der Waals surface area contributed by atoms with Crippen LogP contribution in [0.3, 0.4) is 0 Å². The molecule has 0 atom stereocenters. The Morgan fingerprint density at radius 1 is 1.25 bits per heavy atom. The SMILES string of the molecule is Cc1cc(CCNS(=O)(=O)c2ccc3c(c2)CC(=O)N3C)c(C)[nH]1. The van der Waals surface area contributed by atoms with E-state index in [0.717, 1.165) is 28.2 Å². The highest BCUT2D eigenvalue weighted by Crippen LogP contribution is 2.29. The fraction of sp³-hybridized carbons (Fsp3) is 0.353. The number of nitrogens with one attached hydrogen (secondary N) is 2. The Kier molecular flexibility index (Phi) is 4.23. The molecule has 0 radical (unpaired) electrons. The van der Waals surface area contributed by atoms with Crippen molar-refractivity contribution < 1.29 is 13.2 Å². The van der Waals surface area contributed by atoms with Crippen molar-refractivity contribution in [1.82, 2.24) is 9.71 Å². The zero-order chi connectivity index (χ0) is 17.5. The number of nitrogens with zero attached hydrogens (tertiary/aromatic N) is 1. The minimum absolute atomic E-state index is 0.0224. The third kappa shape index (κ3) is 3.09. The third-order valence-electron chi connectivity index (χ3n) is 4.38. The van der Waals surface area contributed by atoms with Gasteiger partial charge in [-0.3, -0.25) is 4.79 Å². The molecule has 1 aromatic carbocycles. The molecule has 3 rings (SSSR count). The molecule has 2 N–H and O–H groups in total. The average Bonchev–Trinajstić information content (AvgIpc) is 2.98. The molecule has 2 heterocycles. The number of anilines is 1. The van der Waals surface area contributed by atoms with E-state index < -0.39 is 10.0 Å².